The second-order valence-electron chi connectivity index (χ2n) is 4.50. The van der Waals surface area contributed by atoms with Crippen LogP contribution in [-0.2, 0) is 6.42 Å². The molecule has 4 heteroatoms. The minimum Gasteiger partial charge on any atom is -0.496 e. The van der Waals surface area contributed by atoms with Gasteiger partial charge in [0.25, 0.3) is 0 Å². The summed E-state index contributed by atoms with van der Waals surface area (Å²) >= 11 is 7.62. The molecule has 0 radical (unpaired) electrons. The van der Waals surface area contributed by atoms with Crippen molar-refractivity contribution in [2.75, 3.05) is 14.2 Å². The molecule has 0 aliphatic rings. The highest BCUT2D eigenvalue weighted by Crippen LogP contribution is 2.31. The van der Waals surface area contributed by atoms with Gasteiger partial charge >= 0.3 is 0 Å². The van der Waals surface area contributed by atoms with Crippen molar-refractivity contribution in [1.29, 1.82) is 0 Å². The first-order chi connectivity index (χ1) is 9.13. The molecule has 0 aliphatic heterocycles. The summed E-state index contributed by atoms with van der Waals surface area (Å²) in [5, 5.41) is 3.36. The van der Waals surface area contributed by atoms with Crippen molar-refractivity contribution in [2.24, 2.45) is 0 Å². The van der Waals surface area contributed by atoms with Gasteiger partial charge in [-0.25, -0.2) is 0 Å². The molecule has 1 aromatic heterocycles. The fraction of sp³-hybridized carbons (Fsp3) is 0.333. The lowest BCUT2D eigenvalue weighted by Crippen LogP contribution is -2.19. The maximum atomic E-state index is 5.99. The molecule has 1 atom stereocenters. The van der Waals surface area contributed by atoms with Gasteiger partial charge in [-0.3, -0.25) is 0 Å². The van der Waals surface area contributed by atoms with Crippen LogP contribution in [0.3, 0.4) is 0 Å². The third-order valence-electron chi connectivity index (χ3n) is 3.14. The molecular formula is C15H18ClNOS. The van der Waals surface area contributed by atoms with Crippen LogP contribution in [0.4, 0.5) is 0 Å². The van der Waals surface area contributed by atoms with E-state index in [-0.39, 0.29) is 6.04 Å². The Morgan fingerprint density at radius 3 is 2.68 bits per heavy atom. The molecule has 2 nitrogen and oxygen atoms in total. The van der Waals surface area contributed by atoms with E-state index in [4.69, 9.17) is 16.3 Å². The van der Waals surface area contributed by atoms with Crippen LogP contribution in [0.2, 0.25) is 4.34 Å². The Labute approximate surface area is 123 Å². The molecule has 1 aromatic carbocycles. The Bertz CT molecular complexity index is 553. The van der Waals surface area contributed by atoms with Crippen LogP contribution in [0.15, 0.2) is 30.3 Å². The van der Waals surface area contributed by atoms with Gasteiger partial charge < -0.3 is 10.1 Å². The van der Waals surface area contributed by atoms with E-state index in [9.17, 15) is 0 Å². The van der Waals surface area contributed by atoms with Crippen LogP contribution in [0.25, 0.3) is 0 Å². The molecule has 2 rings (SSSR count). The van der Waals surface area contributed by atoms with Crippen molar-refractivity contribution in [3.05, 3.63) is 50.7 Å². The Hall–Kier alpha value is -1.03. The summed E-state index contributed by atoms with van der Waals surface area (Å²) < 4.78 is 6.30. The molecular weight excluding hydrogens is 278 g/mol. The number of aryl methyl sites for hydroxylation is 1. The van der Waals surface area contributed by atoms with Gasteiger partial charge in [-0.1, -0.05) is 29.3 Å². The van der Waals surface area contributed by atoms with Gasteiger partial charge in [0.2, 0.25) is 0 Å². The molecule has 0 spiro atoms. The molecule has 0 saturated heterocycles. The number of benzene rings is 1. The summed E-state index contributed by atoms with van der Waals surface area (Å²) in [4.78, 5) is 1.27. The smallest absolute Gasteiger partial charge is 0.123 e. The summed E-state index contributed by atoms with van der Waals surface area (Å²) in [5.41, 5.74) is 2.43. The van der Waals surface area contributed by atoms with Gasteiger partial charge in [-0.05, 0) is 32.2 Å². The van der Waals surface area contributed by atoms with Crippen LogP contribution >= 0.6 is 22.9 Å². The van der Waals surface area contributed by atoms with E-state index in [0.29, 0.717) is 0 Å². The van der Waals surface area contributed by atoms with E-state index in [1.54, 1.807) is 18.4 Å². The van der Waals surface area contributed by atoms with Gasteiger partial charge in [0.05, 0.1) is 11.4 Å². The van der Waals surface area contributed by atoms with Crippen LogP contribution < -0.4 is 10.1 Å². The molecule has 1 unspecified atom stereocenters. The average Bonchev–Trinajstić information content (AvgIpc) is 2.81. The monoisotopic (exact) mass is 295 g/mol. The van der Waals surface area contributed by atoms with E-state index in [1.165, 1.54) is 16.0 Å². The Morgan fingerprint density at radius 2 is 2.11 bits per heavy atom. The zero-order valence-corrected chi connectivity index (χ0v) is 12.9. The van der Waals surface area contributed by atoms with E-state index in [2.05, 4.69) is 30.4 Å². The lowest BCUT2D eigenvalue weighted by molar-refractivity contribution is 0.401. The van der Waals surface area contributed by atoms with Gasteiger partial charge in [0, 0.05) is 22.9 Å². The molecule has 0 saturated carbocycles. The zero-order chi connectivity index (χ0) is 13.8. The van der Waals surface area contributed by atoms with Crippen LogP contribution in [0.1, 0.15) is 22.0 Å². The fourth-order valence-electron chi connectivity index (χ4n) is 2.16. The minimum atomic E-state index is 0.226. The first-order valence-corrected chi connectivity index (χ1v) is 7.39. The standard InChI is InChI=1S/C15H18ClNOS/c1-10-4-6-14(18-3)12(8-10)13(17-2)9-11-5-7-15(16)19-11/h4-8,13,17H,9H2,1-3H3. The molecule has 0 aliphatic carbocycles. The second kappa shape index (κ2) is 6.42. The molecule has 0 bridgehead atoms. The molecule has 0 amide bonds. The van der Waals surface area contributed by atoms with E-state index >= 15 is 0 Å². The first kappa shape index (κ1) is 14.4. The highest BCUT2D eigenvalue weighted by Gasteiger charge is 2.16. The second-order valence-corrected chi connectivity index (χ2v) is 6.30. The van der Waals surface area contributed by atoms with Gasteiger partial charge in [-0.2, -0.15) is 0 Å². The number of methoxy groups -OCH3 is 1. The summed E-state index contributed by atoms with van der Waals surface area (Å²) in [7, 11) is 3.69. The van der Waals surface area contributed by atoms with Crippen molar-refractivity contribution in [3.8, 4) is 5.75 Å². The molecule has 1 heterocycles. The number of rotatable bonds is 5. The summed E-state index contributed by atoms with van der Waals surface area (Å²) in [6.07, 6.45) is 0.910. The van der Waals surface area contributed by atoms with Crippen LogP contribution in [0.5, 0.6) is 5.75 Å². The topological polar surface area (TPSA) is 21.3 Å². The predicted octanol–water partition coefficient (Wildman–Crippen LogP) is 4.22. The molecule has 0 fully saturated rings. The summed E-state index contributed by atoms with van der Waals surface area (Å²) in [6, 6.07) is 10.5. The van der Waals surface area contributed by atoms with Crippen molar-refractivity contribution in [2.45, 2.75) is 19.4 Å². The van der Waals surface area contributed by atoms with Crippen LogP contribution in [-0.4, -0.2) is 14.2 Å². The highest BCUT2D eigenvalue weighted by atomic mass is 35.5. The third kappa shape index (κ3) is 3.50. The van der Waals surface area contributed by atoms with Crippen LogP contribution in [0, 0.1) is 6.92 Å². The Kier molecular flexibility index (Phi) is 4.86. The molecule has 2 aromatic rings. The maximum absolute atomic E-state index is 5.99. The number of nitrogens with one attached hydrogen (secondary N) is 1. The van der Waals surface area contributed by atoms with Gasteiger partial charge in [-0.15, -0.1) is 11.3 Å². The SMILES string of the molecule is CNC(Cc1ccc(Cl)s1)c1cc(C)ccc1OC. The van der Waals surface area contributed by atoms with Gasteiger partial charge in [0.15, 0.2) is 0 Å². The van der Waals surface area contributed by atoms with Crippen molar-refractivity contribution < 1.29 is 4.74 Å². The normalized spacial score (nSPS) is 12.4. The Balaban J connectivity index is 2.28. The quantitative estimate of drug-likeness (QED) is 0.891. The molecule has 1 N–H and O–H groups in total. The van der Waals surface area contributed by atoms with Crippen molar-refractivity contribution in [3.63, 3.8) is 0 Å². The van der Waals surface area contributed by atoms with E-state index < -0.39 is 0 Å². The maximum Gasteiger partial charge on any atom is 0.123 e. The fourth-order valence-corrected chi connectivity index (χ4v) is 3.29. The number of hydrogen-bond donors (Lipinski definition) is 1. The number of hydrogen-bond acceptors (Lipinski definition) is 3. The average molecular weight is 296 g/mol. The van der Waals surface area contributed by atoms with E-state index in [1.807, 2.05) is 19.2 Å². The van der Waals surface area contributed by atoms with Crippen molar-refractivity contribution in [1.82, 2.24) is 5.32 Å². The zero-order valence-electron chi connectivity index (χ0n) is 11.4. The van der Waals surface area contributed by atoms with Crippen molar-refractivity contribution >= 4 is 22.9 Å². The first-order valence-electron chi connectivity index (χ1n) is 6.20. The lowest BCUT2D eigenvalue weighted by atomic mass is 10.00. The van der Waals surface area contributed by atoms with Gasteiger partial charge in [0.1, 0.15) is 5.75 Å². The molecule has 19 heavy (non-hydrogen) atoms. The third-order valence-corrected chi connectivity index (χ3v) is 4.40. The number of halogens is 1. The predicted molar refractivity (Wildman–Crippen MR) is 82.6 cm³/mol. The summed E-state index contributed by atoms with van der Waals surface area (Å²) in [5.74, 6) is 0.924. The number of likely N-dealkylation sites (N-methyl/N-ethyl adjacent to an activating group) is 1. The lowest BCUT2D eigenvalue weighted by Gasteiger charge is -2.19. The Morgan fingerprint density at radius 1 is 1.32 bits per heavy atom. The summed E-state index contributed by atoms with van der Waals surface area (Å²) in [6.45, 7) is 2.09. The highest BCUT2D eigenvalue weighted by molar-refractivity contribution is 7.16. The largest absolute Gasteiger partial charge is 0.496 e. The van der Waals surface area contributed by atoms with E-state index in [0.717, 1.165) is 16.5 Å². The number of thiophene rings is 1. The number of ether oxygens (including phenoxy) is 1. The molecule has 102 valence electrons. The minimum absolute atomic E-state index is 0.226.